The molecule has 0 heterocycles. The van der Waals surface area contributed by atoms with Gasteiger partial charge in [-0.2, -0.15) is 0 Å². The van der Waals surface area contributed by atoms with Crippen molar-refractivity contribution in [3.63, 3.8) is 0 Å². The first-order valence-corrected chi connectivity index (χ1v) is 7.88. The zero-order valence-corrected chi connectivity index (χ0v) is 14.8. The van der Waals surface area contributed by atoms with E-state index in [1.807, 2.05) is 52.8 Å². The lowest BCUT2D eigenvalue weighted by Gasteiger charge is -2.36. The minimum absolute atomic E-state index is 0.218. The third-order valence-corrected chi connectivity index (χ3v) is 4.06. The average Bonchev–Trinajstić information content (AvgIpc) is 3.22. The summed E-state index contributed by atoms with van der Waals surface area (Å²) in [7, 11) is 1.53. The fourth-order valence-electron chi connectivity index (χ4n) is 2.59. The number of methoxy groups -OCH3 is 1. The van der Waals surface area contributed by atoms with Gasteiger partial charge in [0.15, 0.2) is 0 Å². The Kier molecular flexibility index (Phi) is 4.53. The Morgan fingerprint density at radius 1 is 1.13 bits per heavy atom. The summed E-state index contributed by atoms with van der Waals surface area (Å²) in [6.45, 7) is 9.57. The molecule has 0 unspecified atom stereocenters. The van der Waals surface area contributed by atoms with Crippen molar-refractivity contribution < 1.29 is 14.3 Å². The van der Waals surface area contributed by atoms with Crippen molar-refractivity contribution in [3.8, 4) is 0 Å². The molecular weight excluding hydrogens is 292 g/mol. The maximum atomic E-state index is 12.9. The number of carbonyl (C=O) groups is 2. The van der Waals surface area contributed by atoms with Crippen LogP contribution in [0.1, 0.15) is 55.1 Å². The maximum absolute atomic E-state index is 12.9. The fraction of sp³-hybridized carbons (Fsp3) is 0.556. The Morgan fingerprint density at radius 2 is 1.65 bits per heavy atom. The Labute approximate surface area is 138 Å². The van der Waals surface area contributed by atoms with Gasteiger partial charge in [-0.1, -0.05) is 17.2 Å². The van der Waals surface area contributed by atoms with Gasteiger partial charge in [-0.25, -0.2) is 5.01 Å². The number of aryl methyl sites for hydroxylation is 2. The van der Waals surface area contributed by atoms with Gasteiger partial charge in [0.25, 0.3) is 11.8 Å². The van der Waals surface area contributed by atoms with E-state index >= 15 is 0 Å². The molecule has 0 aliphatic heterocycles. The highest BCUT2D eigenvalue weighted by Crippen LogP contribution is 2.39. The summed E-state index contributed by atoms with van der Waals surface area (Å²) in [6, 6.07) is 5.69. The molecule has 1 N–H and O–H groups in total. The fourth-order valence-corrected chi connectivity index (χ4v) is 2.59. The molecule has 0 saturated heterocycles. The predicted molar refractivity (Wildman–Crippen MR) is 89.0 cm³/mol. The standard InChI is InChI=1S/C18H26N2O3/c1-12-9-13(2)11-14(10-12)15(21)20(17(3,4)5)19-16(22)18(23-6)7-8-18/h9-11H,7-8H2,1-6H3,(H,19,22). The molecule has 0 aromatic heterocycles. The van der Waals surface area contributed by atoms with Crippen LogP contribution >= 0.6 is 0 Å². The molecule has 1 fully saturated rings. The molecule has 1 aliphatic carbocycles. The molecule has 126 valence electrons. The lowest BCUT2D eigenvalue weighted by molar-refractivity contribution is -0.139. The molecule has 1 aromatic rings. The molecule has 1 aromatic carbocycles. The van der Waals surface area contributed by atoms with E-state index in [1.54, 1.807) is 0 Å². The van der Waals surface area contributed by atoms with Gasteiger partial charge in [-0.05, 0) is 59.6 Å². The van der Waals surface area contributed by atoms with Crippen molar-refractivity contribution in [3.05, 3.63) is 34.9 Å². The smallest absolute Gasteiger partial charge is 0.272 e. The second kappa shape index (κ2) is 5.96. The van der Waals surface area contributed by atoms with Crippen molar-refractivity contribution in [2.45, 2.75) is 58.6 Å². The van der Waals surface area contributed by atoms with E-state index in [9.17, 15) is 9.59 Å². The van der Waals surface area contributed by atoms with Gasteiger partial charge in [-0.15, -0.1) is 0 Å². The van der Waals surface area contributed by atoms with Gasteiger partial charge in [0.05, 0.1) is 5.54 Å². The third-order valence-electron chi connectivity index (χ3n) is 4.06. The molecule has 5 nitrogen and oxygen atoms in total. The summed E-state index contributed by atoms with van der Waals surface area (Å²) >= 11 is 0. The summed E-state index contributed by atoms with van der Waals surface area (Å²) in [5.74, 6) is -0.475. The number of rotatable bonds is 3. The predicted octanol–water partition coefficient (Wildman–Crippen LogP) is 2.75. The van der Waals surface area contributed by atoms with E-state index in [1.165, 1.54) is 12.1 Å². The van der Waals surface area contributed by atoms with E-state index in [0.717, 1.165) is 11.1 Å². The molecule has 0 atom stereocenters. The summed E-state index contributed by atoms with van der Waals surface area (Å²) in [5, 5.41) is 1.41. The van der Waals surface area contributed by atoms with Crippen LogP contribution in [0.5, 0.6) is 0 Å². The number of carbonyl (C=O) groups excluding carboxylic acids is 2. The molecule has 1 saturated carbocycles. The van der Waals surface area contributed by atoms with E-state index < -0.39 is 11.1 Å². The molecule has 0 bridgehead atoms. The van der Waals surface area contributed by atoms with Gasteiger partial charge in [0, 0.05) is 12.7 Å². The highest BCUT2D eigenvalue weighted by Gasteiger charge is 2.51. The van der Waals surface area contributed by atoms with Crippen molar-refractivity contribution >= 4 is 11.8 Å². The molecule has 0 radical (unpaired) electrons. The largest absolute Gasteiger partial charge is 0.368 e. The van der Waals surface area contributed by atoms with E-state index in [4.69, 9.17) is 4.74 Å². The second-order valence-electron chi connectivity index (χ2n) is 7.33. The lowest BCUT2D eigenvalue weighted by atomic mass is 10.0. The number of hydrogen-bond donors (Lipinski definition) is 1. The number of hydrazine groups is 1. The van der Waals surface area contributed by atoms with Gasteiger partial charge in [0.2, 0.25) is 0 Å². The van der Waals surface area contributed by atoms with Gasteiger partial charge in [0.1, 0.15) is 5.60 Å². The summed E-state index contributed by atoms with van der Waals surface area (Å²) in [6.07, 6.45) is 1.37. The first-order valence-electron chi connectivity index (χ1n) is 7.88. The van der Waals surface area contributed by atoms with Crippen LogP contribution in [-0.4, -0.2) is 35.1 Å². The number of amides is 2. The van der Waals surface area contributed by atoms with Gasteiger partial charge >= 0.3 is 0 Å². The van der Waals surface area contributed by atoms with Crippen LogP contribution in [0.3, 0.4) is 0 Å². The number of benzene rings is 1. The summed E-state index contributed by atoms with van der Waals surface area (Å²) < 4.78 is 5.30. The van der Waals surface area contributed by atoms with Crippen molar-refractivity contribution in [1.29, 1.82) is 0 Å². The maximum Gasteiger partial charge on any atom is 0.272 e. The first-order chi connectivity index (χ1) is 10.6. The zero-order valence-electron chi connectivity index (χ0n) is 14.8. The quantitative estimate of drug-likeness (QED) is 0.872. The first kappa shape index (κ1) is 17.5. The van der Waals surface area contributed by atoms with Crippen LogP contribution in [-0.2, 0) is 9.53 Å². The van der Waals surface area contributed by atoms with Crippen LogP contribution < -0.4 is 5.43 Å². The van der Waals surface area contributed by atoms with Crippen LogP contribution in [0.25, 0.3) is 0 Å². The van der Waals surface area contributed by atoms with Gasteiger partial charge in [-0.3, -0.25) is 15.0 Å². The van der Waals surface area contributed by atoms with Crippen LogP contribution in [0.4, 0.5) is 0 Å². The zero-order chi connectivity index (χ0) is 17.4. The topological polar surface area (TPSA) is 58.6 Å². The Morgan fingerprint density at radius 3 is 2.04 bits per heavy atom. The Bertz CT molecular complexity index is 607. The minimum atomic E-state index is -0.772. The molecule has 2 amide bonds. The number of nitrogens with one attached hydrogen (secondary N) is 1. The van der Waals surface area contributed by atoms with E-state index in [-0.39, 0.29) is 11.8 Å². The number of nitrogens with zero attached hydrogens (tertiary/aromatic N) is 1. The Balaban J connectivity index is 2.28. The monoisotopic (exact) mass is 318 g/mol. The molecule has 5 heteroatoms. The third kappa shape index (κ3) is 3.72. The van der Waals surface area contributed by atoms with Crippen LogP contribution in [0, 0.1) is 13.8 Å². The minimum Gasteiger partial charge on any atom is -0.368 e. The van der Waals surface area contributed by atoms with Crippen LogP contribution in [0.15, 0.2) is 18.2 Å². The van der Waals surface area contributed by atoms with Crippen molar-refractivity contribution in [2.75, 3.05) is 7.11 Å². The highest BCUT2D eigenvalue weighted by molar-refractivity contribution is 5.97. The normalized spacial score (nSPS) is 15.9. The Hall–Kier alpha value is -1.88. The van der Waals surface area contributed by atoms with Gasteiger partial charge < -0.3 is 4.74 Å². The number of ether oxygens (including phenoxy) is 1. The molecule has 23 heavy (non-hydrogen) atoms. The highest BCUT2D eigenvalue weighted by atomic mass is 16.5. The lowest BCUT2D eigenvalue weighted by Crippen LogP contribution is -2.58. The molecular formula is C18H26N2O3. The second-order valence-corrected chi connectivity index (χ2v) is 7.33. The number of hydrogen-bond acceptors (Lipinski definition) is 3. The molecule has 1 aliphatic rings. The molecule has 2 rings (SSSR count). The molecule has 0 spiro atoms. The van der Waals surface area contributed by atoms with Crippen LogP contribution in [0.2, 0.25) is 0 Å². The van der Waals surface area contributed by atoms with E-state index in [2.05, 4.69) is 5.43 Å². The van der Waals surface area contributed by atoms with Crippen molar-refractivity contribution in [1.82, 2.24) is 10.4 Å². The SMILES string of the molecule is COC1(C(=O)NN(C(=O)c2cc(C)cc(C)c2)C(C)(C)C)CC1. The average molecular weight is 318 g/mol. The van der Waals surface area contributed by atoms with Crippen molar-refractivity contribution in [2.24, 2.45) is 0 Å². The summed E-state index contributed by atoms with van der Waals surface area (Å²) in [5.41, 5.74) is 4.05. The summed E-state index contributed by atoms with van der Waals surface area (Å²) in [4.78, 5) is 25.4. The van der Waals surface area contributed by atoms with E-state index in [0.29, 0.717) is 18.4 Å².